The van der Waals surface area contributed by atoms with E-state index in [4.69, 9.17) is 5.26 Å². The Morgan fingerprint density at radius 2 is 1.88 bits per heavy atom. The van der Waals surface area contributed by atoms with Crippen LogP contribution in [0.1, 0.15) is 0 Å². The van der Waals surface area contributed by atoms with Gasteiger partial charge < -0.3 is 9.97 Å². The van der Waals surface area contributed by atoms with Gasteiger partial charge >= 0.3 is 5.69 Å². The Morgan fingerprint density at radius 3 is 2.58 bits per heavy atom. The van der Waals surface area contributed by atoms with Crippen molar-refractivity contribution in [1.82, 2.24) is 9.97 Å². The molecule has 0 bridgehead atoms. The highest BCUT2D eigenvalue weighted by Crippen LogP contribution is 2.25. The third kappa shape index (κ3) is 3.12. The number of rotatable bonds is 4. The minimum absolute atomic E-state index is 0.125. The number of imidazole rings is 1. The zero-order valence-corrected chi connectivity index (χ0v) is 13.5. The molecule has 1 aromatic heterocycles. The molecule has 0 aliphatic heterocycles. The third-order valence-electron chi connectivity index (χ3n) is 3.15. The Kier molecular flexibility index (Phi) is 4.04. The molecule has 0 radical (unpaired) electrons. The first-order chi connectivity index (χ1) is 11.4. The molecule has 24 heavy (non-hydrogen) atoms. The SMILES string of the molecule is N#CSc1ccc(NS(=O)(=O)c2ccc3[nH]c(=O)[nH]c3c2)c(F)c1. The summed E-state index contributed by atoms with van der Waals surface area (Å²) in [5, 5.41) is 10.4. The van der Waals surface area contributed by atoms with Gasteiger partial charge in [0.15, 0.2) is 0 Å². The molecule has 2 aromatic carbocycles. The molecule has 122 valence electrons. The number of hydrogen-bond donors (Lipinski definition) is 3. The van der Waals surface area contributed by atoms with Gasteiger partial charge in [-0.05, 0) is 48.2 Å². The van der Waals surface area contributed by atoms with Crippen molar-refractivity contribution in [2.24, 2.45) is 0 Å². The van der Waals surface area contributed by atoms with Gasteiger partial charge in [0.25, 0.3) is 10.0 Å². The number of fused-ring (bicyclic) bond motifs is 1. The molecular formula is C14H9FN4O3S2. The number of nitrogens with one attached hydrogen (secondary N) is 3. The first kappa shape index (κ1) is 16.1. The molecule has 7 nitrogen and oxygen atoms in total. The van der Waals surface area contributed by atoms with Crippen LogP contribution in [0.3, 0.4) is 0 Å². The van der Waals surface area contributed by atoms with Crippen LogP contribution in [-0.2, 0) is 10.0 Å². The summed E-state index contributed by atoms with van der Waals surface area (Å²) < 4.78 is 40.9. The molecule has 0 aliphatic rings. The van der Waals surface area contributed by atoms with E-state index in [1.165, 1.54) is 30.3 Å². The van der Waals surface area contributed by atoms with Crippen LogP contribution in [0.2, 0.25) is 0 Å². The number of aromatic amines is 2. The number of thiocyanates is 1. The number of sulfonamides is 1. The van der Waals surface area contributed by atoms with E-state index >= 15 is 0 Å². The molecular weight excluding hydrogens is 355 g/mol. The molecule has 10 heteroatoms. The normalized spacial score (nSPS) is 11.3. The predicted octanol–water partition coefficient (Wildman–Crippen LogP) is 2.37. The molecule has 0 atom stereocenters. The van der Waals surface area contributed by atoms with E-state index < -0.39 is 21.5 Å². The second-order valence-corrected chi connectivity index (χ2v) is 7.27. The summed E-state index contributed by atoms with van der Waals surface area (Å²) in [4.78, 5) is 16.4. The smallest absolute Gasteiger partial charge is 0.306 e. The predicted molar refractivity (Wildman–Crippen MR) is 87.6 cm³/mol. The summed E-state index contributed by atoms with van der Waals surface area (Å²) in [6.45, 7) is 0. The van der Waals surface area contributed by atoms with Gasteiger partial charge in [-0.25, -0.2) is 17.6 Å². The number of nitriles is 1. The topological polar surface area (TPSA) is 119 Å². The highest BCUT2D eigenvalue weighted by atomic mass is 32.2. The molecule has 0 fully saturated rings. The number of aromatic nitrogens is 2. The van der Waals surface area contributed by atoms with E-state index in [-0.39, 0.29) is 10.6 Å². The average Bonchev–Trinajstić information content (AvgIpc) is 2.89. The second kappa shape index (κ2) is 6.03. The van der Waals surface area contributed by atoms with Gasteiger partial charge in [-0.3, -0.25) is 4.72 Å². The molecule has 3 rings (SSSR count). The molecule has 3 N–H and O–H groups in total. The maximum absolute atomic E-state index is 14.0. The molecule has 0 saturated carbocycles. The van der Waals surface area contributed by atoms with Crippen molar-refractivity contribution < 1.29 is 12.8 Å². The second-order valence-electron chi connectivity index (χ2n) is 4.73. The Balaban J connectivity index is 1.95. The summed E-state index contributed by atoms with van der Waals surface area (Å²) in [6, 6.07) is 7.74. The van der Waals surface area contributed by atoms with Crippen molar-refractivity contribution in [1.29, 1.82) is 5.26 Å². The number of anilines is 1. The van der Waals surface area contributed by atoms with Crippen molar-refractivity contribution >= 4 is 38.5 Å². The minimum Gasteiger partial charge on any atom is -0.306 e. The molecule has 0 spiro atoms. The fourth-order valence-electron chi connectivity index (χ4n) is 2.08. The maximum Gasteiger partial charge on any atom is 0.323 e. The van der Waals surface area contributed by atoms with Crippen LogP contribution in [0.25, 0.3) is 11.0 Å². The van der Waals surface area contributed by atoms with Crippen molar-refractivity contribution in [3.8, 4) is 5.40 Å². The van der Waals surface area contributed by atoms with E-state index in [0.29, 0.717) is 15.9 Å². The Hall–Kier alpha value is -2.77. The van der Waals surface area contributed by atoms with Gasteiger partial charge in [-0.2, -0.15) is 5.26 Å². The van der Waals surface area contributed by atoms with Gasteiger partial charge in [0, 0.05) is 4.90 Å². The van der Waals surface area contributed by atoms with Gasteiger partial charge in [0.1, 0.15) is 11.2 Å². The number of nitrogens with zero attached hydrogens (tertiary/aromatic N) is 1. The highest BCUT2D eigenvalue weighted by molar-refractivity contribution is 8.03. The van der Waals surface area contributed by atoms with E-state index in [9.17, 15) is 17.6 Å². The summed E-state index contributed by atoms with van der Waals surface area (Å²) in [6.07, 6.45) is 0. The first-order valence-electron chi connectivity index (χ1n) is 6.49. The van der Waals surface area contributed by atoms with Crippen LogP contribution < -0.4 is 10.4 Å². The zero-order valence-electron chi connectivity index (χ0n) is 11.8. The zero-order chi connectivity index (χ0) is 17.3. The average molecular weight is 364 g/mol. The van der Waals surface area contributed by atoms with Crippen LogP contribution in [0.4, 0.5) is 10.1 Å². The lowest BCUT2D eigenvalue weighted by Crippen LogP contribution is -2.14. The van der Waals surface area contributed by atoms with Gasteiger partial charge in [0.2, 0.25) is 0 Å². The Labute approximate surface area is 139 Å². The van der Waals surface area contributed by atoms with E-state index in [1.807, 2.05) is 0 Å². The van der Waals surface area contributed by atoms with Gasteiger partial charge in [0.05, 0.1) is 21.6 Å². The summed E-state index contributed by atoms with van der Waals surface area (Å²) in [5.74, 6) is -0.796. The van der Waals surface area contributed by atoms with E-state index in [0.717, 1.165) is 17.8 Å². The number of halogens is 1. The number of thioether (sulfide) groups is 1. The monoisotopic (exact) mass is 364 g/mol. The highest BCUT2D eigenvalue weighted by Gasteiger charge is 2.17. The lowest BCUT2D eigenvalue weighted by Gasteiger charge is -2.09. The minimum atomic E-state index is -4.04. The van der Waals surface area contributed by atoms with Crippen LogP contribution in [0.5, 0.6) is 0 Å². The third-order valence-corrected chi connectivity index (χ3v) is 5.09. The summed E-state index contributed by atoms with van der Waals surface area (Å²) >= 11 is 0.767. The number of hydrogen-bond acceptors (Lipinski definition) is 5. The lowest BCUT2D eigenvalue weighted by molar-refractivity contribution is 0.598. The van der Waals surface area contributed by atoms with Crippen molar-refractivity contribution in [3.05, 3.63) is 52.7 Å². The van der Waals surface area contributed by atoms with Crippen LogP contribution in [-0.4, -0.2) is 18.4 Å². The van der Waals surface area contributed by atoms with Gasteiger partial charge in [-0.1, -0.05) is 0 Å². The number of benzene rings is 2. The van der Waals surface area contributed by atoms with Crippen molar-refractivity contribution in [2.75, 3.05) is 4.72 Å². The standard InChI is InChI=1S/C14H9FN4O3S2/c15-10-5-8(23-7-16)1-3-11(10)19-24(21,22)9-2-4-12-13(6-9)18-14(20)17-12/h1-6,19H,(H2,17,18,20). The van der Waals surface area contributed by atoms with E-state index in [2.05, 4.69) is 14.7 Å². The maximum atomic E-state index is 14.0. The lowest BCUT2D eigenvalue weighted by atomic mass is 10.3. The van der Waals surface area contributed by atoms with Crippen LogP contribution in [0, 0.1) is 16.5 Å². The Bertz CT molecular complexity index is 1130. The molecule has 0 saturated heterocycles. The molecule has 3 aromatic rings. The molecule has 1 heterocycles. The summed E-state index contributed by atoms with van der Waals surface area (Å²) in [7, 11) is -4.04. The fraction of sp³-hybridized carbons (Fsp3) is 0. The van der Waals surface area contributed by atoms with Crippen LogP contribution in [0.15, 0.2) is 51.0 Å². The number of H-pyrrole nitrogens is 2. The molecule has 0 unspecified atom stereocenters. The first-order valence-corrected chi connectivity index (χ1v) is 8.79. The summed E-state index contributed by atoms with van der Waals surface area (Å²) in [5.41, 5.74) is 0.0937. The molecule has 0 aliphatic carbocycles. The Morgan fingerprint density at radius 1 is 1.12 bits per heavy atom. The van der Waals surface area contributed by atoms with Crippen LogP contribution >= 0.6 is 11.8 Å². The molecule has 0 amide bonds. The largest absolute Gasteiger partial charge is 0.323 e. The fourth-order valence-corrected chi connectivity index (χ4v) is 3.57. The van der Waals surface area contributed by atoms with Crippen molar-refractivity contribution in [3.63, 3.8) is 0 Å². The van der Waals surface area contributed by atoms with E-state index in [1.54, 1.807) is 5.40 Å². The quantitative estimate of drug-likeness (QED) is 0.485. The van der Waals surface area contributed by atoms with Gasteiger partial charge in [-0.15, -0.1) is 0 Å². The van der Waals surface area contributed by atoms with Crippen molar-refractivity contribution in [2.45, 2.75) is 9.79 Å².